The molecule has 5 nitrogen and oxygen atoms in total. The van der Waals surface area contributed by atoms with Crippen molar-refractivity contribution in [2.45, 2.75) is 25.4 Å². The normalized spacial score (nSPS) is 13.8. The predicted octanol–water partition coefficient (Wildman–Crippen LogP) is 3.80. The highest BCUT2D eigenvalue weighted by molar-refractivity contribution is 5.92. The SMILES string of the molecule is O=C(/C=C/c1ccc([N+](=O)[O-])cc1)N(Cc1ccccc1)C1CC1. The number of hydrogen-bond acceptors (Lipinski definition) is 3. The van der Waals surface area contributed by atoms with Crippen LogP contribution in [0, 0.1) is 10.1 Å². The van der Waals surface area contributed by atoms with Gasteiger partial charge in [-0.15, -0.1) is 0 Å². The molecule has 1 saturated carbocycles. The zero-order chi connectivity index (χ0) is 16.9. The summed E-state index contributed by atoms with van der Waals surface area (Å²) in [4.78, 5) is 24.6. The van der Waals surface area contributed by atoms with Crippen molar-refractivity contribution in [1.82, 2.24) is 4.90 Å². The van der Waals surface area contributed by atoms with Crippen LogP contribution >= 0.6 is 0 Å². The van der Waals surface area contributed by atoms with Gasteiger partial charge in [0.1, 0.15) is 0 Å². The van der Waals surface area contributed by atoms with Crippen molar-refractivity contribution in [3.63, 3.8) is 0 Å². The average Bonchev–Trinajstić information content (AvgIpc) is 3.44. The first-order chi connectivity index (χ1) is 11.6. The van der Waals surface area contributed by atoms with Crippen LogP contribution in [-0.2, 0) is 11.3 Å². The van der Waals surface area contributed by atoms with Gasteiger partial charge in [0.2, 0.25) is 5.91 Å². The molecule has 1 fully saturated rings. The van der Waals surface area contributed by atoms with Crippen molar-refractivity contribution < 1.29 is 9.72 Å². The summed E-state index contributed by atoms with van der Waals surface area (Å²) in [6, 6.07) is 16.4. The number of benzene rings is 2. The predicted molar refractivity (Wildman–Crippen MR) is 92.1 cm³/mol. The molecule has 1 amide bonds. The number of amides is 1. The van der Waals surface area contributed by atoms with Gasteiger partial charge in [0.25, 0.3) is 5.69 Å². The lowest BCUT2D eigenvalue weighted by molar-refractivity contribution is -0.384. The van der Waals surface area contributed by atoms with E-state index in [2.05, 4.69) is 0 Å². The fraction of sp³-hybridized carbons (Fsp3) is 0.211. The lowest BCUT2D eigenvalue weighted by atomic mass is 10.2. The number of carbonyl (C=O) groups excluding carboxylic acids is 1. The Kier molecular flexibility index (Phi) is 4.70. The summed E-state index contributed by atoms with van der Waals surface area (Å²) in [6.07, 6.45) is 5.34. The molecule has 0 aromatic heterocycles. The van der Waals surface area contributed by atoms with Crippen LogP contribution in [0.3, 0.4) is 0 Å². The third kappa shape index (κ3) is 4.07. The van der Waals surface area contributed by atoms with Crippen molar-refractivity contribution in [1.29, 1.82) is 0 Å². The molecule has 1 aliphatic carbocycles. The lowest BCUT2D eigenvalue weighted by Gasteiger charge is -2.21. The van der Waals surface area contributed by atoms with Gasteiger partial charge in [-0.3, -0.25) is 14.9 Å². The Morgan fingerprint density at radius 2 is 1.79 bits per heavy atom. The third-order valence-electron chi connectivity index (χ3n) is 3.99. The van der Waals surface area contributed by atoms with Crippen molar-refractivity contribution in [2.24, 2.45) is 0 Å². The molecule has 0 bridgehead atoms. The highest BCUT2D eigenvalue weighted by Gasteiger charge is 2.31. The number of nitrogens with zero attached hydrogens (tertiary/aromatic N) is 2. The van der Waals surface area contributed by atoms with Gasteiger partial charge >= 0.3 is 0 Å². The van der Waals surface area contributed by atoms with E-state index >= 15 is 0 Å². The van der Waals surface area contributed by atoms with Gasteiger partial charge in [0.15, 0.2) is 0 Å². The van der Waals surface area contributed by atoms with Crippen LogP contribution in [0.4, 0.5) is 5.69 Å². The van der Waals surface area contributed by atoms with Crippen LogP contribution in [0.5, 0.6) is 0 Å². The molecule has 24 heavy (non-hydrogen) atoms. The number of nitro benzene ring substituents is 1. The maximum atomic E-state index is 12.5. The molecule has 2 aromatic carbocycles. The summed E-state index contributed by atoms with van der Waals surface area (Å²) >= 11 is 0. The van der Waals surface area contributed by atoms with E-state index in [1.807, 2.05) is 35.2 Å². The van der Waals surface area contributed by atoms with Crippen molar-refractivity contribution >= 4 is 17.7 Å². The van der Waals surface area contributed by atoms with E-state index in [0.29, 0.717) is 12.6 Å². The number of rotatable bonds is 6. The van der Waals surface area contributed by atoms with Gasteiger partial charge in [-0.25, -0.2) is 0 Å². The van der Waals surface area contributed by atoms with Crippen LogP contribution in [0.2, 0.25) is 0 Å². The summed E-state index contributed by atoms with van der Waals surface area (Å²) in [6.45, 7) is 0.606. The molecule has 0 N–H and O–H groups in total. The quantitative estimate of drug-likeness (QED) is 0.461. The van der Waals surface area contributed by atoms with Crippen LogP contribution in [-0.4, -0.2) is 21.8 Å². The van der Waals surface area contributed by atoms with E-state index in [0.717, 1.165) is 24.0 Å². The topological polar surface area (TPSA) is 63.4 Å². The van der Waals surface area contributed by atoms with E-state index < -0.39 is 4.92 Å². The number of carbonyl (C=O) groups is 1. The Hall–Kier alpha value is -2.95. The minimum Gasteiger partial charge on any atom is -0.332 e. The van der Waals surface area contributed by atoms with Crippen molar-refractivity contribution in [3.05, 3.63) is 81.9 Å². The molecule has 2 aromatic rings. The Bertz CT molecular complexity index is 750. The maximum absolute atomic E-state index is 12.5. The first-order valence-electron chi connectivity index (χ1n) is 7.90. The van der Waals surface area contributed by atoms with E-state index in [-0.39, 0.29) is 11.6 Å². The second-order valence-corrected chi connectivity index (χ2v) is 5.86. The Morgan fingerprint density at radius 1 is 1.12 bits per heavy atom. The molecule has 0 heterocycles. The summed E-state index contributed by atoms with van der Waals surface area (Å²) in [7, 11) is 0. The molecule has 0 unspecified atom stereocenters. The van der Waals surface area contributed by atoms with Crippen LogP contribution in [0.15, 0.2) is 60.7 Å². The van der Waals surface area contributed by atoms with E-state index in [9.17, 15) is 14.9 Å². The summed E-state index contributed by atoms with van der Waals surface area (Å²) in [5, 5.41) is 10.6. The molecule has 0 saturated heterocycles. The van der Waals surface area contributed by atoms with Gasteiger partial charge in [-0.1, -0.05) is 30.3 Å². The summed E-state index contributed by atoms with van der Waals surface area (Å²) < 4.78 is 0. The molecule has 1 aliphatic rings. The van der Waals surface area contributed by atoms with Gasteiger partial charge < -0.3 is 4.90 Å². The van der Waals surface area contributed by atoms with Gasteiger partial charge in [0, 0.05) is 30.8 Å². The molecule has 5 heteroatoms. The highest BCUT2D eigenvalue weighted by atomic mass is 16.6. The van der Waals surface area contributed by atoms with Gasteiger partial charge in [-0.05, 0) is 42.2 Å². The zero-order valence-electron chi connectivity index (χ0n) is 13.2. The van der Waals surface area contributed by atoms with Gasteiger partial charge in [-0.2, -0.15) is 0 Å². The zero-order valence-corrected chi connectivity index (χ0v) is 13.2. The summed E-state index contributed by atoms with van der Waals surface area (Å²) in [5.74, 6) is -0.0281. The Labute approximate surface area is 140 Å². The van der Waals surface area contributed by atoms with Crippen molar-refractivity contribution in [3.8, 4) is 0 Å². The third-order valence-corrected chi connectivity index (χ3v) is 3.99. The van der Waals surface area contributed by atoms with Crippen LogP contribution < -0.4 is 0 Å². The van der Waals surface area contributed by atoms with E-state index in [1.165, 1.54) is 12.1 Å². The summed E-state index contributed by atoms with van der Waals surface area (Å²) in [5.41, 5.74) is 1.92. The minimum atomic E-state index is -0.437. The second-order valence-electron chi connectivity index (χ2n) is 5.86. The first kappa shape index (κ1) is 15.9. The molecule has 0 radical (unpaired) electrons. The molecular weight excluding hydrogens is 304 g/mol. The average molecular weight is 322 g/mol. The molecular formula is C19H18N2O3. The van der Waals surface area contributed by atoms with E-state index in [1.54, 1.807) is 24.3 Å². The monoisotopic (exact) mass is 322 g/mol. The van der Waals surface area contributed by atoms with Gasteiger partial charge in [0.05, 0.1) is 4.92 Å². The fourth-order valence-electron chi connectivity index (χ4n) is 2.52. The number of non-ortho nitro benzene ring substituents is 1. The molecule has 0 spiro atoms. The largest absolute Gasteiger partial charge is 0.332 e. The first-order valence-corrected chi connectivity index (χ1v) is 7.90. The molecule has 122 valence electrons. The number of nitro groups is 1. The molecule has 0 aliphatic heterocycles. The molecule has 0 atom stereocenters. The minimum absolute atomic E-state index is 0.0281. The van der Waals surface area contributed by atoms with Crippen LogP contribution in [0.25, 0.3) is 6.08 Å². The highest BCUT2D eigenvalue weighted by Crippen LogP contribution is 2.28. The Morgan fingerprint density at radius 3 is 2.38 bits per heavy atom. The lowest BCUT2D eigenvalue weighted by Crippen LogP contribution is -2.31. The maximum Gasteiger partial charge on any atom is 0.269 e. The standard InChI is InChI=1S/C19H18N2O3/c22-19(13-8-15-6-9-18(10-7-15)21(23)24)20(17-11-12-17)14-16-4-2-1-3-5-16/h1-10,13,17H,11-12,14H2/b13-8+. The smallest absolute Gasteiger partial charge is 0.269 e. The van der Waals surface area contributed by atoms with Crippen LogP contribution in [0.1, 0.15) is 24.0 Å². The second kappa shape index (κ2) is 7.08. The Balaban J connectivity index is 1.68. The number of hydrogen-bond donors (Lipinski definition) is 0. The van der Waals surface area contributed by atoms with Crippen molar-refractivity contribution in [2.75, 3.05) is 0 Å². The molecule has 3 rings (SSSR count). The van der Waals surface area contributed by atoms with E-state index in [4.69, 9.17) is 0 Å². The fourth-order valence-corrected chi connectivity index (χ4v) is 2.52.